The molecule has 25 heavy (non-hydrogen) atoms. The minimum absolute atomic E-state index is 0.0380. The number of aromatic nitrogens is 1. The quantitative estimate of drug-likeness (QED) is 0.921. The second kappa shape index (κ2) is 7.46. The van der Waals surface area contributed by atoms with Gasteiger partial charge in [0, 0.05) is 25.2 Å². The number of hydrogen-bond donors (Lipinski definition) is 1. The average Bonchev–Trinajstić information content (AvgIpc) is 3.03. The molecule has 1 aliphatic rings. The van der Waals surface area contributed by atoms with Crippen molar-refractivity contribution in [3.63, 3.8) is 0 Å². The van der Waals surface area contributed by atoms with Crippen molar-refractivity contribution in [2.75, 3.05) is 13.1 Å². The Balaban J connectivity index is 1.46. The van der Waals surface area contributed by atoms with E-state index < -0.39 is 0 Å². The summed E-state index contributed by atoms with van der Waals surface area (Å²) in [4.78, 5) is 26.1. The molecule has 1 aliphatic heterocycles. The number of piperidine rings is 1. The number of carbonyl (C=O) groups excluding carboxylic acids is 2. The fourth-order valence-corrected chi connectivity index (χ4v) is 2.92. The van der Waals surface area contributed by atoms with Gasteiger partial charge in [-0.05, 0) is 37.5 Å². The van der Waals surface area contributed by atoms with Gasteiger partial charge in [-0.25, -0.2) is 4.39 Å². The van der Waals surface area contributed by atoms with E-state index in [0.29, 0.717) is 37.4 Å². The van der Waals surface area contributed by atoms with Crippen molar-refractivity contribution in [1.82, 2.24) is 15.4 Å². The minimum atomic E-state index is -0.316. The smallest absolute Gasteiger partial charge is 0.276 e. The number of aryl methyl sites for hydroxylation is 1. The van der Waals surface area contributed by atoms with Crippen LogP contribution in [0, 0.1) is 12.7 Å². The van der Waals surface area contributed by atoms with Crippen LogP contribution in [-0.4, -0.2) is 41.0 Å². The number of hydrogen-bond acceptors (Lipinski definition) is 4. The summed E-state index contributed by atoms with van der Waals surface area (Å²) in [5, 5.41) is 6.73. The number of nitrogens with zero attached hydrogens (tertiary/aromatic N) is 2. The molecule has 0 bridgehead atoms. The Bertz CT molecular complexity index is 749. The SMILES string of the molecule is Cc1cc(C(=O)N2CCC(NC(=O)Cc3ccc(F)cc3)CC2)no1. The zero-order chi connectivity index (χ0) is 17.8. The van der Waals surface area contributed by atoms with Gasteiger partial charge in [-0.1, -0.05) is 17.3 Å². The second-order valence-corrected chi connectivity index (χ2v) is 6.26. The van der Waals surface area contributed by atoms with E-state index in [2.05, 4.69) is 10.5 Å². The maximum Gasteiger partial charge on any atom is 0.276 e. The van der Waals surface area contributed by atoms with Gasteiger partial charge in [-0.3, -0.25) is 9.59 Å². The summed E-state index contributed by atoms with van der Waals surface area (Å²) in [6.07, 6.45) is 1.60. The van der Waals surface area contributed by atoms with Crippen LogP contribution in [0.2, 0.25) is 0 Å². The summed E-state index contributed by atoms with van der Waals surface area (Å²) in [6, 6.07) is 7.57. The van der Waals surface area contributed by atoms with E-state index in [1.165, 1.54) is 12.1 Å². The highest BCUT2D eigenvalue weighted by molar-refractivity contribution is 5.92. The maximum atomic E-state index is 12.9. The van der Waals surface area contributed by atoms with Crippen LogP contribution in [0.1, 0.15) is 34.7 Å². The predicted molar refractivity (Wildman–Crippen MR) is 88.4 cm³/mol. The van der Waals surface area contributed by atoms with Gasteiger partial charge < -0.3 is 14.7 Å². The van der Waals surface area contributed by atoms with Crippen LogP contribution in [0.3, 0.4) is 0 Å². The first-order valence-electron chi connectivity index (χ1n) is 8.27. The average molecular weight is 345 g/mol. The lowest BCUT2D eigenvalue weighted by Gasteiger charge is -2.31. The Kier molecular flexibility index (Phi) is 5.11. The third kappa shape index (κ3) is 4.43. The highest BCUT2D eigenvalue weighted by Crippen LogP contribution is 2.14. The number of nitrogens with one attached hydrogen (secondary N) is 1. The van der Waals surface area contributed by atoms with Crippen molar-refractivity contribution in [2.45, 2.75) is 32.2 Å². The van der Waals surface area contributed by atoms with Crippen LogP contribution in [0.4, 0.5) is 4.39 Å². The zero-order valence-corrected chi connectivity index (χ0v) is 14.0. The molecule has 2 aromatic rings. The summed E-state index contributed by atoms with van der Waals surface area (Å²) < 4.78 is 17.8. The van der Waals surface area contributed by atoms with Crippen molar-refractivity contribution in [3.05, 3.63) is 53.2 Å². The van der Waals surface area contributed by atoms with Crippen LogP contribution in [0.5, 0.6) is 0 Å². The molecule has 2 heterocycles. The Morgan fingerprint density at radius 3 is 2.56 bits per heavy atom. The van der Waals surface area contributed by atoms with Gasteiger partial charge in [0.2, 0.25) is 5.91 Å². The van der Waals surface area contributed by atoms with Crippen molar-refractivity contribution >= 4 is 11.8 Å². The number of amides is 2. The normalized spacial score (nSPS) is 15.2. The standard InChI is InChI=1S/C18H20FN3O3/c1-12-10-16(21-25-12)18(24)22-8-6-15(7-9-22)20-17(23)11-13-2-4-14(19)5-3-13/h2-5,10,15H,6-9,11H2,1H3,(H,20,23). The first-order chi connectivity index (χ1) is 12.0. The van der Waals surface area contributed by atoms with Crippen LogP contribution in [0.15, 0.2) is 34.9 Å². The molecule has 0 atom stereocenters. The third-order valence-corrected chi connectivity index (χ3v) is 4.27. The molecule has 1 N–H and O–H groups in total. The first kappa shape index (κ1) is 17.1. The highest BCUT2D eigenvalue weighted by Gasteiger charge is 2.26. The van der Waals surface area contributed by atoms with Gasteiger partial charge in [0.05, 0.1) is 6.42 Å². The molecule has 6 nitrogen and oxygen atoms in total. The summed E-state index contributed by atoms with van der Waals surface area (Å²) >= 11 is 0. The Labute approximate surface area is 145 Å². The molecule has 1 fully saturated rings. The molecule has 1 saturated heterocycles. The molecule has 0 aliphatic carbocycles. The first-order valence-corrected chi connectivity index (χ1v) is 8.27. The third-order valence-electron chi connectivity index (χ3n) is 4.27. The summed E-state index contributed by atoms with van der Waals surface area (Å²) in [7, 11) is 0. The molecule has 7 heteroatoms. The number of likely N-dealkylation sites (tertiary alicyclic amines) is 1. The van der Waals surface area contributed by atoms with Crippen molar-refractivity contribution in [2.24, 2.45) is 0 Å². The fourth-order valence-electron chi connectivity index (χ4n) is 2.92. The van der Waals surface area contributed by atoms with Gasteiger partial charge in [0.15, 0.2) is 5.69 Å². The van der Waals surface area contributed by atoms with Gasteiger partial charge in [-0.2, -0.15) is 0 Å². The van der Waals surface area contributed by atoms with Gasteiger partial charge in [0.1, 0.15) is 11.6 Å². The number of carbonyl (C=O) groups is 2. The molecule has 0 saturated carbocycles. The monoisotopic (exact) mass is 345 g/mol. The number of halogens is 1. The van der Waals surface area contributed by atoms with E-state index in [1.54, 1.807) is 30.0 Å². The lowest BCUT2D eigenvalue weighted by atomic mass is 10.0. The van der Waals surface area contributed by atoms with Gasteiger partial charge in [0.25, 0.3) is 5.91 Å². The molecule has 0 unspecified atom stereocenters. The molecule has 2 amide bonds. The van der Waals surface area contributed by atoms with Crippen molar-refractivity contribution < 1.29 is 18.5 Å². The Morgan fingerprint density at radius 2 is 1.96 bits per heavy atom. The lowest BCUT2D eigenvalue weighted by molar-refractivity contribution is -0.121. The molecule has 0 radical (unpaired) electrons. The van der Waals surface area contributed by atoms with Crippen LogP contribution in [0.25, 0.3) is 0 Å². The molecule has 1 aromatic heterocycles. The van der Waals surface area contributed by atoms with E-state index in [-0.39, 0.29) is 30.1 Å². The fraction of sp³-hybridized carbons (Fsp3) is 0.389. The molecule has 1 aromatic carbocycles. The largest absolute Gasteiger partial charge is 0.361 e. The maximum absolute atomic E-state index is 12.9. The van der Waals surface area contributed by atoms with Crippen molar-refractivity contribution in [3.8, 4) is 0 Å². The Morgan fingerprint density at radius 1 is 1.28 bits per heavy atom. The van der Waals surface area contributed by atoms with E-state index in [1.807, 2.05) is 0 Å². The van der Waals surface area contributed by atoms with Gasteiger partial charge >= 0.3 is 0 Å². The predicted octanol–water partition coefficient (Wildman–Crippen LogP) is 2.09. The van der Waals surface area contributed by atoms with Crippen LogP contribution >= 0.6 is 0 Å². The molecular formula is C18H20FN3O3. The van der Waals surface area contributed by atoms with Crippen LogP contribution < -0.4 is 5.32 Å². The number of benzene rings is 1. The van der Waals surface area contributed by atoms with E-state index in [0.717, 1.165) is 5.56 Å². The van der Waals surface area contributed by atoms with E-state index in [9.17, 15) is 14.0 Å². The highest BCUT2D eigenvalue weighted by atomic mass is 19.1. The molecule has 0 spiro atoms. The van der Waals surface area contributed by atoms with E-state index >= 15 is 0 Å². The Hall–Kier alpha value is -2.70. The lowest BCUT2D eigenvalue weighted by Crippen LogP contribution is -2.47. The molecule has 3 rings (SSSR count). The van der Waals surface area contributed by atoms with Crippen molar-refractivity contribution in [1.29, 1.82) is 0 Å². The summed E-state index contributed by atoms with van der Waals surface area (Å²) in [5.41, 5.74) is 1.09. The van der Waals surface area contributed by atoms with Crippen LogP contribution in [-0.2, 0) is 11.2 Å². The summed E-state index contributed by atoms with van der Waals surface area (Å²) in [5.74, 6) is 0.0474. The second-order valence-electron chi connectivity index (χ2n) is 6.26. The summed E-state index contributed by atoms with van der Waals surface area (Å²) in [6.45, 7) is 2.87. The topological polar surface area (TPSA) is 75.4 Å². The van der Waals surface area contributed by atoms with E-state index in [4.69, 9.17) is 4.52 Å². The molecule has 132 valence electrons. The zero-order valence-electron chi connectivity index (χ0n) is 14.0. The van der Waals surface area contributed by atoms with Gasteiger partial charge in [-0.15, -0.1) is 0 Å². The number of rotatable bonds is 4. The minimum Gasteiger partial charge on any atom is -0.361 e. The molecular weight excluding hydrogens is 325 g/mol.